The zero-order valence-corrected chi connectivity index (χ0v) is 7.87. The summed E-state index contributed by atoms with van der Waals surface area (Å²) in [5.74, 6) is 0.701. The molecule has 0 unspecified atom stereocenters. The Bertz CT molecular complexity index is 101. The summed E-state index contributed by atoms with van der Waals surface area (Å²) in [6.45, 7) is 5.39. The Morgan fingerprint density at radius 1 is 1.40 bits per heavy atom. The van der Waals surface area contributed by atoms with Crippen molar-refractivity contribution in [1.82, 2.24) is 0 Å². The highest BCUT2D eigenvalue weighted by Gasteiger charge is 2.08. The third-order valence-electron chi connectivity index (χ3n) is 0.992. The van der Waals surface area contributed by atoms with Crippen LogP contribution in [0.1, 0.15) is 6.92 Å². The largest absolute Gasteiger partial charge is 0.497 e. The molecular weight excluding hydrogens is 148 g/mol. The SMILES string of the molecule is C=C(C)OC[SiH](OC)OC. The summed E-state index contributed by atoms with van der Waals surface area (Å²) in [4.78, 5) is 0. The first-order valence-electron chi connectivity index (χ1n) is 3.04. The van der Waals surface area contributed by atoms with Crippen LogP contribution in [0.2, 0.25) is 0 Å². The lowest BCUT2D eigenvalue weighted by atomic mass is 10.7. The van der Waals surface area contributed by atoms with Gasteiger partial charge in [-0.25, -0.2) is 0 Å². The fourth-order valence-electron chi connectivity index (χ4n) is 0.443. The van der Waals surface area contributed by atoms with E-state index in [-0.39, 0.29) is 0 Å². The second kappa shape index (κ2) is 5.46. The number of rotatable bonds is 5. The van der Waals surface area contributed by atoms with Crippen molar-refractivity contribution in [2.75, 3.05) is 20.4 Å². The molecular formula is C6H14O3Si. The Hall–Kier alpha value is -0.323. The maximum Gasteiger partial charge on any atom is 0.359 e. The van der Waals surface area contributed by atoms with E-state index in [1.165, 1.54) is 0 Å². The Balaban J connectivity index is 3.34. The highest BCUT2D eigenvalue weighted by Crippen LogP contribution is 1.93. The second-order valence-electron chi connectivity index (χ2n) is 1.91. The van der Waals surface area contributed by atoms with Gasteiger partial charge in [0.25, 0.3) is 0 Å². The lowest BCUT2D eigenvalue weighted by Gasteiger charge is -2.11. The monoisotopic (exact) mass is 162 g/mol. The van der Waals surface area contributed by atoms with E-state index < -0.39 is 9.28 Å². The van der Waals surface area contributed by atoms with Gasteiger partial charge >= 0.3 is 9.28 Å². The first-order chi connectivity index (χ1) is 4.70. The van der Waals surface area contributed by atoms with Crippen LogP contribution in [0.4, 0.5) is 0 Å². The molecule has 0 aliphatic heterocycles. The van der Waals surface area contributed by atoms with Gasteiger partial charge < -0.3 is 13.6 Å². The molecule has 0 radical (unpaired) electrons. The molecule has 0 saturated heterocycles. The number of hydrogen-bond acceptors (Lipinski definition) is 3. The zero-order valence-electron chi connectivity index (χ0n) is 6.72. The minimum atomic E-state index is -1.53. The highest BCUT2D eigenvalue weighted by molar-refractivity contribution is 6.44. The number of ether oxygens (including phenoxy) is 1. The van der Waals surface area contributed by atoms with Crippen LogP contribution in [0, 0.1) is 0 Å². The minimum absolute atomic E-state index is 0.530. The van der Waals surface area contributed by atoms with Crippen LogP contribution in [0.25, 0.3) is 0 Å². The minimum Gasteiger partial charge on any atom is -0.497 e. The van der Waals surface area contributed by atoms with Crippen molar-refractivity contribution in [1.29, 1.82) is 0 Å². The van der Waals surface area contributed by atoms with E-state index in [0.717, 1.165) is 0 Å². The average Bonchev–Trinajstić information content (AvgIpc) is 1.90. The molecule has 0 N–H and O–H groups in total. The molecule has 10 heavy (non-hydrogen) atoms. The molecule has 0 aliphatic carbocycles. The number of allylic oxidation sites excluding steroid dienone is 1. The molecule has 0 fully saturated rings. The molecule has 0 heterocycles. The topological polar surface area (TPSA) is 27.7 Å². The van der Waals surface area contributed by atoms with Gasteiger partial charge in [-0.3, -0.25) is 0 Å². The van der Waals surface area contributed by atoms with Gasteiger partial charge in [-0.2, -0.15) is 0 Å². The molecule has 0 aromatic rings. The van der Waals surface area contributed by atoms with E-state index in [0.29, 0.717) is 12.0 Å². The summed E-state index contributed by atoms with van der Waals surface area (Å²) in [7, 11) is 1.72. The Morgan fingerprint density at radius 2 is 1.90 bits per heavy atom. The summed E-state index contributed by atoms with van der Waals surface area (Å²) in [6, 6.07) is 0. The second-order valence-corrected chi connectivity index (χ2v) is 4.05. The standard InChI is InChI=1S/C6H14O3Si/c1-6(2)9-5-10(7-3)8-4/h10H,1,5H2,2-4H3. The molecule has 0 bridgehead atoms. The van der Waals surface area contributed by atoms with Gasteiger partial charge in [-0.15, -0.1) is 0 Å². The average molecular weight is 162 g/mol. The van der Waals surface area contributed by atoms with Crippen molar-refractivity contribution in [3.8, 4) is 0 Å². The van der Waals surface area contributed by atoms with Gasteiger partial charge in [-0.1, -0.05) is 6.58 Å². The van der Waals surface area contributed by atoms with Crippen molar-refractivity contribution in [3.63, 3.8) is 0 Å². The maximum atomic E-state index is 5.10. The van der Waals surface area contributed by atoms with E-state index in [1.54, 1.807) is 21.1 Å². The van der Waals surface area contributed by atoms with Crippen molar-refractivity contribution in [2.24, 2.45) is 0 Å². The summed E-state index contributed by atoms with van der Waals surface area (Å²) in [5.41, 5.74) is 0. The zero-order chi connectivity index (χ0) is 7.98. The summed E-state index contributed by atoms with van der Waals surface area (Å²) in [6.07, 6.45) is 0.530. The van der Waals surface area contributed by atoms with Gasteiger partial charge in [0.2, 0.25) is 0 Å². The Kier molecular flexibility index (Phi) is 5.28. The smallest absolute Gasteiger partial charge is 0.359 e. The summed E-state index contributed by atoms with van der Waals surface area (Å²) >= 11 is 0. The maximum absolute atomic E-state index is 5.10. The molecule has 0 spiro atoms. The molecule has 0 rings (SSSR count). The lowest BCUT2D eigenvalue weighted by Crippen LogP contribution is -2.25. The molecule has 0 amide bonds. The molecule has 0 aliphatic rings. The first-order valence-corrected chi connectivity index (χ1v) is 4.80. The van der Waals surface area contributed by atoms with Crippen LogP contribution in [0.5, 0.6) is 0 Å². The lowest BCUT2D eigenvalue weighted by molar-refractivity contribution is 0.196. The van der Waals surface area contributed by atoms with Gasteiger partial charge in [0.15, 0.2) is 0 Å². The first kappa shape index (κ1) is 9.68. The van der Waals surface area contributed by atoms with Crippen molar-refractivity contribution in [3.05, 3.63) is 12.3 Å². The number of hydrogen-bond donors (Lipinski definition) is 0. The Labute approximate surface area is 63.4 Å². The third kappa shape index (κ3) is 4.55. The predicted octanol–water partition coefficient (Wildman–Crippen LogP) is 0.589. The molecule has 60 valence electrons. The molecule has 0 aromatic carbocycles. The van der Waals surface area contributed by atoms with Crippen molar-refractivity contribution >= 4 is 9.28 Å². The van der Waals surface area contributed by atoms with Crippen molar-refractivity contribution < 1.29 is 13.6 Å². The van der Waals surface area contributed by atoms with E-state index in [1.807, 2.05) is 0 Å². The predicted molar refractivity (Wildman–Crippen MR) is 41.9 cm³/mol. The van der Waals surface area contributed by atoms with Gasteiger partial charge in [0.05, 0.1) is 5.76 Å². The van der Waals surface area contributed by atoms with Crippen LogP contribution in [0.3, 0.4) is 0 Å². The van der Waals surface area contributed by atoms with Crippen LogP contribution in [-0.4, -0.2) is 29.7 Å². The van der Waals surface area contributed by atoms with Crippen LogP contribution < -0.4 is 0 Å². The fourth-order valence-corrected chi connectivity index (χ4v) is 1.33. The normalized spacial score (nSPS) is 10.0. The summed E-state index contributed by atoms with van der Waals surface area (Å²) < 4.78 is 15.1. The van der Waals surface area contributed by atoms with Crippen LogP contribution in [-0.2, 0) is 13.6 Å². The quantitative estimate of drug-likeness (QED) is 0.437. The molecule has 0 atom stereocenters. The van der Waals surface area contributed by atoms with Gasteiger partial charge in [0, 0.05) is 14.2 Å². The van der Waals surface area contributed by atoms with Gasteiger partial charge in [-0.05, 0) is 6.92 Å². The van der Waals surface area contributed by atoms with E-state index in [4.69, 9.17) is 13.6 Å². The molecule has 0 saturated carbocycles. The van der Waals surface area contributed by atoms with Crippen molar-refractivity contribution in [2.45, 2.75) is 6.92 Å². The van der Waals surface area contributed by atoms with E-state index in [2.05, 4.69) is 6.58 Å². The fraction of sp³-hybridized carbons (Fsp3) is 0.667. The van der Waals surface area contributed by atoms with Crippen LogP contribution in [0.15, 0.2) is 12.3 Å². The molecule has 4 heteroatoms. The van der Waals surface area contributed by atoms with E-state index in [9.17, 15) is 0 Å². The molecule has 0 aromatic heterocycles. The van der Waals surface area contributed by atoms with Gasteiger partial charge in [0.1, 0.15) is 6.23 Å². The van der Waals surface area contributed by atoms with E-state index >= 15 is 0 Å². The Morgan fingerprint density at radius 3 is 2.20 bits per heavy atom. The highest BCUT2D eigenvalue weighted by atomic mass is 28.3. The third-order valence-corrected chi connectivity index (χ3v) is 2.48. The van der Waals surface area contributed by atoms with Crippen LogP contribution >= 0.6 is 0 Å². The molecule has 3 nitrogen and oxygen atoms in total. The summed E-state index contributed by atoms with van der Waals surface area (Å²) in [5, 5.41) is 0.